The summed E-state index contributed by atoms with van der Waals surface area (Å²) in [6.45, 7) is 0. The van der Waals surface area contributed by atoms with Crippen molar-refractivity contribution in [2.24, 2.45) is 7.05 Å². The molecule has 1 aromatic heterocycles. The molecule has 4 nitrogen and oxygen atoms in total. The molecular weight excluding hydrogens is 286 g/mol. The molecule has 0 spiro atoms. The third-order valence-electron chi connectivity index (χ3n) is 4.40. The van der Waals surface area contributed by atoms with Crippen molar-refractivity contribution in [1.29, 1.82) is 5.26 Å². The van der Waals surface area contributed by atoms with Crippen LogP contribution in [0.2, 0.25) is 0 Å². The summed E-state index contributed by atoms with van der Waals surface area (Å²) in [5.74, 6) is 1.34. The summed E-state index contributed by atoms with van der Waals surface area (Å²) in [4.78, 5) is 17.3. The van der Waals surface area contributed by atoms with Gasteiger partial charge in [0, 0.05) is 13.0 Å². The highest BCUT2D eigenvalue weighted by Gasteiger charge is 2.28. The van der Waals surface area contributed by atoms with Crippen molar-refractivity contribution >= 4 is 10.9 Å². The van der Waals surface area contributed by atoms with Crippen molar-refractivity contribution in [3.63, 3.8) is 0 Å². The second-order valence-corrected chi connectivity index (χ2v) is 6.03. The minimum atomic E-state index is 0.00685. The van der Waals surface area contributed by atoms with E-state index in [9.17, 15) is 4.79 Å². The van der Waals surface area contributed by atoms with E-state index in [-0.39, 0.29) is 5.56 Å². The van der Waals surface area contributed by atoms with E-state index >= 15 is 0 Å². The number of nitrogens with zero attached hydrogens (tertiary/aromatic N) is 3. The molecule has 0 saturated heterocycles. The van der Waals surface area contributed by atoms with Gasteiger partial charge in [0.15, 0.2) is 0 Å². The van der Waals surface area contributed by atoms with Gasteiger partial charge in [-0.3, -0.25) is 9.36 Å². The van der Waals surface area contributed by atoms with E-state index in [0.717, 1.165) is 35.3 Å². The fourth-order valence-electron chi connectivity index (χ4n) is 2.91. The van der Waals surface area contributed by atoms with Crippen LogP contribution in [0.1, 0.15) is 30.1 Å². The van der Waals surface area contributed by atoms with Crippen LogP contribution in [0.5, 0.6) is 0 Å². The van der Waals surface area contributed by atoms with Crippen molar-refractivity contribution in [1.82, 2.24) is 9.55 Å². The Balaban J connectivity index is 1.87. The molecule has 1 heterocycles. The summed E-state index contributed by atoms with van der Waals surface area (Å²) in [6.07, 6.45) is 2.24. The van der Waals surface area contributed by atoms with E-state index in [1.807, 2.05) is 30.3 Å². The molecule has 0 N–H and O–H groups in total. The van der Waals surface area contributed by atoms with E-state index in [4.69, 9.17) is 5.26 Å². The van der Waals surface area contributed by atoms with E-state index in [1.54, 1.807) is 23.7 Å². The van der Waals surface area contributed by atoms with Crippen molar-refractivity contribution in [2.75, 3.05) is 0 Å². The number of hydrogen-bond acceptors (Lipinski definition) is 3. The van der Waals surface area contributed by atoms with Crippen LogP contribution in [-0.4, -0.2) is 9.55 Å². The Morgan fingerprint density at radius 1 is 1.13 bits per heavy atom. The molecule has 0 amide bonds. The Morgan fingerprint density at radius 2 is 1.83 bits per heavy atom. The maximum absolute atomic E-state index is 12.6. The van der Waals surface area contributed by atoms with Gasteiger partial charge in [-0.05, 0) is 48.2 Å². The van der Waals surface area contributed by atoms with E-state index in [0.29, 0.717) is 16.9 Å². The van der Waals surface area contributed by atoms with Gasteiger partial charge < -0.3 is 0 Å². The molecule has 0 atom stereocenters. The number of hydrogen-bond donors (Lipinski definition) is 0. The molecule has 3 aromatic rings. The van der Waals surface area contributed by atoms with Crippen LogP contribution in [0, 0.1) is 11.3 Å². The number of aromatic nitrogens is 2. The van der Waals surface area contributed by atoms with E-state index < -0.39 is 0 Å². The summed E-state index contributed by atoms with van der Waals surface area (Å²) < 4.78 is 1.68. The van der Waals surface area contributed by atoms with Crippen LogP contribution >= 0.6 is 0 Å². The van der Waals surface area contributed by atoms with Gasteiger partial charge >= 0.3 is 0 Å². The van der Waals surface area contributed by atoms with Gasteiger partial charge in [0.05, 0.1) is 22.5 Å². The second kappa shape index (κ2) is 5.06. The summed E-state index contributed by atoms with van der Waals surface area (Å²) in [5.41, 5.74) is 3.33. The van der Waals surface area contributed by atoms with Crippen molar-refractivity contribution in [3.8, 4) is 17.2 Å². The van der Waals surface area contributed by atoms with Gasteiger partial charge in [0.2, 0.25) is 0 Å². The molecule has 0 unspecified atom stereocenters. The Bertz CT molecular complexity index is 1010. The minimum Gasteiger partial charge on any atom is -0.299 e. The largest absolute Gasteiger partial charge is 0.299 e. The lowest BCUT2D eigenvalue weighted by Gasteiger charge is -2.09. The Hall–Kier alpha value is -2.93. The molecule has 112 valence electrons. The smallest absolute Gasteiger partial charge is 0.261 e. The summed E-state index contributed by atoms with van der Waals surface area (Å²) >= 11 is 0. The van der Waals surface area contributed by atoms with Crippen LogP contribution < -0.4 is 5.56 Å². The van der Waals surface area contributed by atoms with Gasteiger partial charge in [-0.15, -0.1) is 0 Å². The van der Waals surface area contributed by atoms with Crippen LogP contribution in [0.25, 0.3) is 22.0 Å². The zero-order valence-corrected chi connectivity index (χ0v) is 12.8. The number of fused-ring (bicyclic) bond motifs is 1. The number of nitriles is 1. The molecule has 23 heavy (non-hydrogen) atoms. The lowest BCUT2D eigenvalue weighted by Crippen LogP contribution is -2.22. The first-order chi connectivity index (χ1) is 11.2. The molecule has 4 heteroatoms. The molecule has 4 rings (SSSR count). The molecule has 0 aliphatic heterocycles. The quantitative estimate of drug-likeness (QED) is 0.729. The first-order valence-corrected chi connectivity index (χ1v) is 7.68. The predicted molar refractivity (Wildman–Crippen MR) is 89.1 cm³/mol. The van der Waals surface area contributed by atoms with Crippen molar-refractivity contribution in [2.45, 2.75) is 18.8 Å². The van der Waals surface area contributed by atoms with Gasteiger partial charge in [0.25, 0.3) is 5.56 Å². The lowest BCUT2D eigenvalue weighted by molar-refractivity contribution is 0.745. The second-order valence-electron chi connectivity index (χ2n) is 6.03. The fraction of sp³-hybridized carbons (Fsp3) is 0.211. The average Bonchev–Trinajstić information content (AvgIpc) is 3.43. The molecule has 0 radical (unpaired) electrons. The van der Waals surface area contributed by atoms with E-state index in [1.165, 1.54) is 0 Å². The maximum atomic E-state index is 12.6. The van der Waals surface area contributed by atoms with Crippen molar-refractivity contribution < 1.29 is 0 Å². The first-order valence-electron chi connectivity index (χ1n) is 7.68. The molecule has 1 aliphatic rings. The molecular formula is C19H15N3O. The summed E-state index contributed by atoms with van der Waals surface area (Å²) in [5, 5.41) is 9.52. The number of benzene rings is 2. The van der Waals surface area contributed by atoms with Gasteiger partial charge in [-0.2, -0.15) is 5.26 Å². The molecule has 0 bridgehead atoms. The highest BCUT2D eigenvalue weighted by molar-refractivity contribution is 5.84. The van der Waals surface area contributed by atoms with Crippen LogP contribution in [0.3, 0.4) is 0 Å². The Labute approximate surface area is 133 Å². The average molecular weight is 301 g/mol. The summed E-state index contributed by atoms with van der Waals surface area (Å²) in [7, 11) is 1.80. The highest BCUT2D eigenvalue weighted by Crippen LogP contribution is 2.38. The van der Waals surface area contributed by atoms with Gasteiger partial charge in [-0.1, -0.05) is 18.2 Å². The van der Waals surface area contributed by atoms with Gasteiger partial charge in [0.1, 0.15) is 5.82 Å². The molecule has 2 aromatic carbocycles. The zero-order chi connectivity index (χ0) is 16.0. The van der Waals surface area contributed by atoms with Crippen LogP contribution in [0.4, 0.5) is 0 Å². The standard InChI is InChI=1S/C19H15N3O/c1-22-18(14-6-7-14)21-17-9-8-15(10-16(17)19(22)23)13-4-2-12(11-20)3-5-13/h2-5,8-10,14H,6-7H2,1H3. The third kappa shape index (κ3) is 2.31. The normalized spacial score (nSPS) is 13.9. The minimum absolute atomic E-state index is 0.00685. The molecule has 1 fully saturated rings. The van der Waals surface area contributed by atoms with Gasteiger partial charge in [-0.25, -0.2) is 4.98 Å². The van der Waals surface area contributed by atoms with Crippen LogP contribution in [0.15, 0.2) is 47.3 Å². The van der Waals surface area contributed by atoms with Crippen molar-refractivity contribution in [3.05, 3.63) is 64.2 Å². The third-order valence-corrected chi connectivity index (χ3v) is 4.40. The molecule has 1 aliphatic carbocycles. The van der Waals surface area contributed by atoms with Crippen LogP contribution in [-0.2, 0) is 7.05 Å². The molecule has 1 saturated carbocycles. The Kier molecular flexibility index (Phi) is 3.02. The lowest BCUT2D eigenvalue weighted by atomic mass is 10.0. The topological polar surface area (TPSA) is 58.7 Å². The van der Waals surface area contributed by atoms with E-state index in [2.05, 4.69) is 11.1 Å². The fourth-order valence-corrected chi connectivity index (χ4v) is 2.91. The zero-order valence-electron chi connectivity index (χ0n) is 12.8. The first kappa shape index (κ1) is 13.7. The summed E-state index contributed by atoms with van der Waals surface area (Å²) in [6, 6.07) is 15.3. The monoisotopic (exact) mass is 301 g/mol. The highest BCUT2D eigenvalue weighted by atomic mass is 16.1. The number of rotatable bonds is 2. The predicted octanol–water partition coefficient (Wildman–Crippen LogP) is 3.35. The maximum Gasteiger partial charge on any atom is 0.261 e. The SMILES string of the molecule is Cn1c(C2CC2)nc2ccc(-c3ccc(C#N)cc3)cc2c1=O. The Morgan fingerprint density at radius 3 is 2.48 bits per heavy atom.